The van der Waals surface area contributed by atoms with Crippen molar-refractivity contribution in [3.63, 3.8) is 0 Å². The largest absolute Gasteiger partial charge is 0.465 e. The summed E-state index contributed by atoms with van der Waals surface area (Å²) in [6.45, 7) is 1.66. The molecule has 0 fully saturated rings. The molecule has 0 saturated heterocycles. The average molecular weight is 361 g/mol. The number of oxime groups is 1. The maximum absolute atomic E-state index is 11.8. The van der Waals surface area contributed by atoms with Gasteiger partial charge in [-0.3, -0.25) is 4.79 Å². The average Bonchev–Trinajstić information content (AvgIpc) is 2.61. The number of methoxy groups -OCH3 is 1. The molecule has 0 aliphatic carbocycles. The number of hydrogen-bond donors (Lipinski definition) is 1. The van der Waals surface area contributed by atoms with Crippen LogP contribution in [0.4, 0.5) is 5.69 Å². The van der Waals surface area contributed by atoms with Gasteiger partial charge in [-0.1, -0.05) is 35.0 Å². The van der Waals surface area contributed by atoms with E-state index in [1.807, 2.05) is 13.0 Å². The van der Waals surface area contributed by atoms with Gasteiger partial charge in [-0.25, -0.2) is 4.79 Å². The fourth-order valence-corrected chi connectivity index (χ4v) is 2.21. The van der Waals surface area contributed by atoms with Crippen molar-refractivity contribution in [1.82, 2.24) is 0 Å². The van der Waals surface area contributed by atoms with Crippen molar-refractivity contribution in [3.05, 3.63) is 64.2 Å². The van der Waals surface area contributed by atoms with Gasteiger partial charge < -0.3 is 14.9 Å². The van der Waals surface area contributed by atoms with E-state index in [0.717, 1.165) is 11.1 Å². The van der Waals surface area contributed by atoms with Gasteiger partial charge in [-0.05, 0) is 42.3 Å². The van der Waals surface area contributed by atoms with Crippen molar-refractivity contribution in [1.29, 1.82) is 0 Å². The summed E-state index contributed by atoms with van der Waals surface area (Å²) in [4.78, 5) is 28.1. The second-order valence-electron chi connectivity index (χ2n) is 5.15. The molecule has 2 aromatic carbocycles. The number of esters is 1. The quantitative estimate of drug-likeness (QED) is 0.486. The molecule has 130 valence electrons. The highest BCUT2D eigenvalue weighted by atomic mass is 35.5. The van der Waals surface area contributed by atoms with Crippen LogP contribution >= 0.6 is 11.6 Å². The number of hydrogen-bond acceptors (Lipinski definition) is 5. The monoisotopic (exact) mass is 360 g/mol. The molecule has 0 bridgehead atoms. The first-order valence-corrected chi connectivity index (χ1v) is 7.77. The highest BCUT2D eigenvalue weighted by molar-refractivity contribution is 6.33. The number of aryl methyl sites for hydroxylation is 1. The highest BCUT2D eigenvalue weighted by Crippen LogP contribution is 2.22. The van der Waals surface area contributed by atoms with E-state index in [1.165, 1.54) is 13.3 Å². The third-order valence-electron chi connectivity index (χ3n) is 3.20. The number of carbonyl (C=O) groups excluding carboxylic acids is 2. The second kappa shape index (κ2) is 8.84. The fourth-order valence-electron chi connectivity index (χ4n) is 1.92. The molecule has 1 amide bonds. The zero-order valence-corrected chi connectivity index (χ0v) is 14.5. The lowest BCUT2D eigenvalue weighted by Gasteiger charge is -2.07. The lowest BCUT2D eigenvalue weighted by molar-refractivity contribution is -0.120. The molecule has 0 radical (unpaired) electrons. The van der Waals surface area contributed by atoms with Gasteiger partial charge in [0.15, 0.2) is 6.61 Å². The first-order chi connectivity index (χ1) is 12.0. The van der Waals surface area contributed by atoms with Gasteiger partial charge in [0, 0.05) is 0 Å². The van der Waals surface area contributed by atoms with E-state index in [1.54, 1.807) is 36.4 Å². The Kier molecular flexibility index (Phi) is 6.54. The highest BCUT2D eigenvalue weighted by Gasteiger charge is 2.06. The number of nitrogens with zero attached hydrogens (tertiary/aromatic N) is 1. The van der Waals surface area contributed by atoms with Crippen LogP contribution < -0.4 is 5.32 Å². The number of nitrogens with one attached hydrogen (secondary N) is 1. The smallest absolute Gasteiger partial charge is 0.337 e. The maximum atomic E-state index is 11.8. The van der Waals surface area contributed by atoms with Crippen molar-refractivity contribution in [2.45, 2.75) is 6.92 Å². The van der Waals surface area contributed by atoms with Crippen LogP contribution in [0.25, 0.3) is 0 Å². The second-order valence-corrected chi connectivity index (χ2v) is 5.56. The van der Waals surface area contributed by atoms with Gasteiger partial charge in [-0.2, -0.15) is 0 Å². The number of carbonyl (C=O) groups is 2. The number of benzene rings is 2. The number of ether oxygens (including phenoxy) is 1. The molecule has 7 heteroatoms. The first kappa shape index (κ1) is 18.5. The van der Waals surface area contributed by atoms with E-state index < -0.39 is 5.97 Å². The Balaban J connectivity index is 1.82. The summed E-state index contributed by atoms with van der Waals surface area (Å²) in [5.41, 5.74) is 2.68. The normalized spacial score (nSPS) is 10.5. The number of anilines is 1. The lowest BCUT2D eigenvalue weighted by atomic mass is 10.1. The van der Waals surface area contributed by atoms with Crippen LogP contribution in [0, 0.1) is 6.92 Å². The Morgan fingerprint density at radius 2 is 1.92 bits per heavy atom. The molecule has 0 aromatic heterocycles. The van der Waals surface area contributed by atoms with E-state index in [9.17, 15) is 9.59 Å². The van der Waals surface area contributed by atoms with E-state index in [2.05, 4.69) is 15.2 Å². The molecule has 0 atom stereocenters. The fraction of sp³-hybridized carbons (Fsp3) is 0.167. The zero-order valence-electron chi connectivity index (χ0n) is 13.8. The predicted molar refractivity (Wildman–Crippen MR) is 96.1 cm³/mol. The Hall–Kier alpha value is -2.86. The summed E-state index contributed by atoms with van der Waals surface area (Å²) < 4.78 is 4.61. The molecule has 0 heterocycles. The minimum atomic E-state index is -0.411. The molecule has 1 N–H and O–H groups in total. The molecule has 0 unspecified atom stereocenters. The van der Waals surface area contributed by atoms with Crippen LogP contribution in [0.1, 0.15) is 21.5 Å². The van der Waals surface area contributed by atoms with E-state index in [4.69, 9.17) is 16.4 Å². The van der Waals surface area contributed by atoms with Gasteiger partial charge in [0.25, 0.3) is 5.91 Å². The summed E-state index contributed by atoms with van der Waals surface area (Å²) in [5, 5.41) is 6.82. The van der Waals surface area contributed by atoms with Crippen LogP contribution in [0.15, 0.2) is 47.6 Å². The SMILES string of the molecule is COC(=O)c1ccc(/C=N/OCC(=O)Nc2ccc(C)cc2Cl)cc1. The van der Waals surface area contributed by atoms with Crippen molar-refractivity contribution >= 4 is 35.4 Å². The molecular weight excluding hydrogens is 344 g/mol. The third-order valence-corrected chi connectivity index (χ3v) is 3.52. The van der Waals surface area contributed by atoms with E-state index in [0.29, 0.717) is 16.3 Å². The van der Waals surface area contributed by atoms with Crippen LogP contribution in [0.3, 0.4) is 0 Å². The van der Waals surface area contributed by atoms with Crippen LogP contribution in [-0.4, -0.2) is 31.8 Å². The topological polar surface area (TPSA) is 77.0 Å². The lowest BCUT2D eigenvalue weighted by Crippen LogP contribution is -2.17. The Labute approximate surface area is 150 Å². The van der Waals surface area contributed by atoms with Crippen molar-refractivity contribution in [2.24, 2.45) is 5.16 Å². The molecule has 0 spiro atoms. The van der Waals surface area contributed by atoms with E-state index >= 15 is 0 Å². The van der Waals surface area contributed by atoms with Gasteiger partial charge in [0.2, 0.25) is 0 Å². The molecular formula is C18H17ClN2O4. The molecule has 2 aromatic rings. The minimum absolute atomic E-state index is 0.249. The zero-order chi connectivity index (χ0) is 18.2. The Morgan fingerprint density at radius 3 is 2.56 bits per heavy atom. The first-order valence-electron chi connectivity index (χ1n) is 7.39. The van der Waals surface area contributed by atoms with Gasteiger partial charge in [0.05, 0.1) is 29.6 Å². The van der Waals surface area contributed by atoms with Crippen molar-refractivity contribution < 1.29 is 19.2 Å². The standard InChI is InChI=1S/C18H17ClN2O4/c1-12-3-8-16(15(19)9-12)21-17(22)11-25-20-10-13-4-6-14(7-5-13)18(23)24-2/h3-10H,11H2,1-2H3,(H,21,22)/b20-10+. The van der Waals surface area contributed by atoms with Crippen LogP contribution in [0.5, 0.6) is 0 Å². The van der Waals surface area contributed by atoms with Gasteiger partial charge in [0.1, 0.15) is 0 Å². The minimum Gasteiger partial charge on any atom is -0.465 e. The van der Waals surface area contributed by atoms with Crippen molar-refractivity contribution in [2.75, 3.05) is 19.0 Å². The van der Waals surface area contributed by atoms with Gasteiger partial charge in [-0.15, -0.1) is 0 Å². The van der Waals surface area contributed by atoms with Crippen LogP contribution in [-0.2, 0) is 14.4 Å². The summed E-state index contributed by atoms with van der Waals surface area (Å²) >= 11 is 6.04. The number of rotatable bonds is 6. The summed E-state index contributed by atoms with van der Waals surface area (Å²) in [7, 11) is 1.32. The third kappa shape index (κ3) is 5.61. The molecule has 0 aliphatic rings. The number of amides is 1. The molecule has 2 rings (SSSR count). The summed E-state index contributed by atoms with van der Waals surface area (Å²) in [6, 6.07) is 11.9. The number of halogens is 1. The van der Waals surface area contributed by atoms with Crippen molar-refractivity contribution in [3.8, 4) is 0 Å². The van der Waals surface area contributed by atoms with Gasteiger partial charge >= 0.3 is 5.97 Å². The van der Waals surface area contributed by atoms with E-state index in [-0.39, 0.29) is 12.5 Å². The Morgan fingerprint density at radius 1 is 1.20 bits per heavy atom. The molecule has 25 heavy (non-hydrogen) atoms. The molecule has 0 aliphatic heterocycles. The van der Waals surface area contributed by atoms with Crippen LogP contribution in [0.2, 0.25) is 5.02 Å². The Bertz CT molecular complexity index is 788. The summed E-state index contributed by atoms with van der Waals surface area (Å²) in [5.74, 6) is -0.782. The molecule has 0 saturated carbocycles. The maximum Gasteiger partial charge on any atom is 0.337 e. The summed E-state index contributed by atoms with van der Waals surface area (Å²) in [6.07, 6.45) is 1.44. The molecule has 6 nitrogen and oxygen atoms in total. The predicted octanol–water partition coefficient (Wildman–Crippen LogP) is 3.42.